The second-order valence-corrected chi connectivity index (χ2v) is 19.6. The molecule has 9 aromatic carbocycles. The summed E-state index contributed by atoms with van der Waals surface area (Å²) in [5, 5.41) is 7.17. The van der Waals surface area contributed by atoms with Gasteiger partial charge in [0.05, 0.1) is 22.4 Å². The fourth-order valence-electron chi connectivity index (χ4n) is 10.8. The van der Waals surface area contributed by atoms with E-state index in [-0.39, 0.29) is 25.5 Å². The number of furan rings is 1. The van der Waals surface area contributed by atoms with E-state index in [1.54, 1.807) is 6.20 Å². The zero-order valence-corrected chi connectivity index (χ0v) is 42.5. The number of rotatable bonds is 6. The maximum atomic E-state index is 6.38. The fraction of sp³-hybridized carbons (Fsp3) is 0.138. The van der Waals surface area contributed by atoms with Crippen molar-refractivity contribution in [1.29, 1.82) is 0 Å². The van der Waals surface area contributed by atoms with Crippen molar-refractivity contribution in [2.24, 2.45) is 0 Å². The van der Waals surface area contributed by atoms with Crippen molar-refractivity contribution in [1.82, 2.24) is 14.5 Å². The summed E-state index contributed by atoms with van der Waals surface area (Å²) >= 11 is 0. The molecule has 1 aliphatic carbocycles. The monoisotopic (exact) mass is 1080 g/mol. The number of hydrogen-bond donors (Lipinski definition) is 0. The zero-order chi connectivity index (χ0) is 47.0. The molecule has 0 aliphatic heterocycles. The van der Waals surface area contributed by atoms with E-state index in [2.05, 4.69) is 221 Å². The number of fused-ring (bicyclic) bond motifs is 10. The van der Waals surface area contributed by atoms with Crippen LogP contribution < -0.4 is 0 Å². The van der Waals surface area contributed by atoms with E-state index in [1.807, 2.05) is 24.3 Å². The van der Waals surface area contributed by atoms with E-state index in [0.717, 1.165) is 55.6 Å². The molecule has 0 bridgehead atoms. The number of pyridine rings is 1. The molecule has 3 aromatic heterocycles. The summed E-state index contributed by atoms with van der Waals surface area (Å²) in [4.78, 5) is 9.73. The molecule has 0 amide bonds. The van der Waals surface area contributed by atoms with E-state index >= 15 is 0 Å². The summed E-state index contributed by atoms with van der Waals surface area (Å²) in [6.07, 6.45) is 1.80. The van der Waals surface area contributed by atoms with E-state index in [1.165, 1.54) is 71.7 Å². The Balaban J connectivity index is 0.000000160. The first kappa shape index (κ1) is 45.0. The van der Waals surface area contributed by atoms with Crippen molar-refractivity contribution in [2.45, 2.75) is 58.8 Å². The van der Waals surface area contributed by atoms with E-state index in [9.17, 15) is 0 Å². The maximum absolute atomic E-state index is 6.38. The molecule has 13 rings (SSSR count). The molecular formula is C65H51IrN3O-2. The number of aromatic nitrogens is 3. The molecule has 0 spiro atoms. The molecule has 4 nitrogen and oxygen atoms in total. The molecule has 0 N–H and O–H groups in total. The van der Waals surface area contributed by atoms with Gasteiger partial charge in [-0.2, -0.15) is 0 Å². The molecule has 0 saturated carbocycles. The molecule has 12 aromatic rings. The van der Waals surface area contributed by atoms with Gasteiger partial charge in [-0.05, 0) is 110 Å². The molecule has 0 fully saturated rings. The summed E-state index contributed by atoms with van der Waals surface area (Å²) in [5.41, 5.74) is 18.4. The predicted octanol–water partition coefficient (Wildman–Crippen LogP) is 17.5. The first-order valence-electron chi connectivity index (χ1n) is 24.1. The van der Waals surface area contributed by atoms with Gasteiger partial charge in [-0.15, -0.1) is 47.3 Å². The Morgan fingerprint density at radius 3 is 2.07 bits per heavy atom. The normalized spacial score (nSPS) is 12.7. The van der Waals surface area contributed by atoms with Gasteiger partial charge in [0.2, 0.25) is 0 Å². The molecule has 0 atom stereocenters. The van der Waals surface area contributed by atoms with Gasteiger partial charge in [0, 0.05) is 42.8 Å². The molecule has 1 radical (unpaired) electrons. The Bertz CT molecular complexity index is 3910. The van der Waals surface area contributed by atoms with Crippen LogP contribution in [0.5, 0.6) is 0 Å². The minimum atomic E-state index is -0.0327. The Hall–Kier alpha value is -7.43. The third-order valence-corrected chi connectivity index (χ3v) is 14.3. The van der Waals surface area contributed by atoms with Gasteiger partial charge >= 0.3 is 0 Å². The van der Waals surface area contributed by atoms with Gasteiger partial charge < -0.3 is 14.0 Å². The quantitative estimate of drug-likeness (QED) is 0.123. The minimum Gasteiger partial charge on any atom is -0.501 e. The Morgan fingerprint density at radius 2 is 1.29 bits per heavy atom. The first-order chi connectivity index (χ1) is 33.6. The van der Waals surface area contributed by atoms with Gasteiger partial charge in [-0.25, -0.2) is 0 Å². The van der Waals surface area contributed by atoms with Gasteiger partial charge in [0.15, 0.2) is 0 Å². The molecule has 0 saturated heterocycles. The smallest absolute Gasteiger partial charge is 0.121 e. The molecule has 0 unspecified atom stereocenters. The van der Waals surface area contributed by atoms with Crippen LogP contribution in [-0.2, 0) is 25.5 Å². The molecule has 1 aliphatic rings. The summed E-state index contributed by atoms with van der Waals surface area (Å²) in [6.45, 7) is 13.8. The van der Waals surface area contributed by atoms with Crippen molar-refractivity contribution < 1.29 is 24.5 Å². The first-order valence-corrected chi connectivity index (χ1v) is 24.1. The van der Waals surface area contributed by atoms with Crippen LogP contribution in [0.25, 0.3) is 105 Å². The largest absolute Gasteiger partial charge is 0.501 e. The molecule has 70 heavy (non-hydrogen) atoms. The number of imidazole rings is 1. The fourth-order valence-corrected chi connectivity index (χ4v) is 10.8. The average molecular weight is 1080 g/mol. The number of nitrogens with zero attached hydrogens (tertiary/aromatic N) is 3. The number of para-hydroxylation sites is 2. The topological polar surface area (TPSA) is 43.9 Å². The van der Waals surface area contributed by atoms with Crippen molar-refractivity contribution in [3.63, 3.8) is 0 Å². The summed E-state index contributed by atoms with van der Waals surface area (Å²) in [6, 6.07) is 71.5. The zero-order valence-electron chi connectivity index (χ0n) is 40.1. The summed E-state index contributed by atoms with van der Waals surface area (Å²) < 4.78 is 8.78. The standard InChI is InChI=1S/C39H33N2.C26H18NO.Ir/c1-25(2)34-23-31(27-12-6-5-7-13-27)24-35(26(3)4)38(34)41-37-17-11-10-16-36(37)40-39(41)30-20-21-33-29(22-30)19-18-28-14-8-9-15-32(28)33;1-26(2)21-11-4-3-8-16(21)19-14-20-17-9-7-10-18(23-12-5-6-13-27-23)25(17)28-24(20)15-22(19)26;/h5-19,21-26H,1-4H3;3-9,11-15H,1-2H3;/q2*-1;. The third-order valence-electron chi connectivity index (χ3n) is 14.3. The molecule has 343 valence electrons. The van der Waals surface area contributed by atoms with E-state index < -0.39 is 0 Å². The van der Waals surface area contributed by atoms with Crippen LogP contribution in [0.15, 0.2) is 193 Å². The van der Waals surface area contributed by atoms with Gasteiger partial charge in [-0.1, -0.05) is 179 Å². The Kier molecular flexibility index (Phi) is 11.5. The van der Waals surface area contributed by atoms with Gasteiger partial charge in [0.25, 0.3) is 0 Å². The maximum Gasteiger partial charge on any atom is 0.121 e. The van der Waals surface area contributed by atoms with Gasteiger partial charge in [0.1, 0.15) is 5.58 Å². The number of benzene rings is 9. The molecular weight excluding hydrogens is 1030 g/mol. The van der Waals surface area contributed by atoms with Crippen LogP contribution in [0.2, 0.25) is 0 Å². The predicted molar refractivity (Wildman–Crippen MR) is 287 cm³/mol. The van der Waals surface area contributed by atoms with Crippen LogP contribution in [0.3, 0.4) is 0 Å². The van der Waals surface area contributed by atoms with Gasteiger partial charge in [-0.3, -0.25) is 4.98 Å². The second kappa shape index (κ2) is 17.8. The molecule has 3 heterocycles. The van der Waals surface area contributed by atoms with Crippen LogP contribution in [0.4, 0.5) is 0 Å². The van der Waals surface area contributed by atoms with E-state index in [0.29, 0.717) is 11.8 Å². The summed E-state index contributed by atoms with van der Waals surface area (Å²) in [7, 11) is 0. The number of hydrogen-bond acceptors (Lipinski definition) is 3. The summed E-state index contributed by atoms with van der Waals surface area (Å²) in [5.74, 6) is 1.58. The van der Waals surface area contributed by atoms with Crippen molar-refractivity contribution in [2.75, 3.05) is 0 Å². The third kappa shape index (κ3) is 7.47. The van der Waals surface area contributed by atoms with Crippen molar-refractivity contribution >= 4 is 54.5 Å². The van der Waals surface area contributed by atoms with Crippen molar-refractivity contribution in [3.05, 3.63) is 223 Å². The Morgan fingerprint density at radius 1 is 0.571 bits per heavy atom. The Labute approximate surface area is 423 Å². The SMILES string of the molecule is CC(C)c1cc(-c2ccccc2)cc(C(C)C)c1-n1c(-c2[c-]cc3c(ccc4ccccc43)c2)nc2ccccc21.CC1(C)c2ccccc2-c2cc3c(cc21)oc1c(-c2ccccn2)[c-]ccc13.[Ir]. The second-order valence-electron chi connectivity index (χ2n) is 19.6. The van der Waals surface area contributed by atoms with E-state index in [4.69, 9.17) is 9.40 Å². The molecule has 5 heteroatoms. The van der Waals surface area contributed by atoms with Crippen LogP contribution in [-0.4, -0.2) is 14.5 Å². The minimum absolute atomic E-state index is 0. The van der Waals surface area contributed by atoms with Crippen LogP contribution in [0, 0.1) is 12.1 Å². The van der Waals surface area contributed by atoms with Crippen LogP contribution >= 0.6 is 0 Å². The van der Waals surface area contributed by atoms with Crippen LogP contribution in [0.1, 0.15) is 75.6 Å². The average Bonchev–Trinajstić information content (AvgIpc) is 4.03. The van der Waals surface area contributed by atoms with Crippen molar-refractivity contribution in [3.8, 4) is 50.6 Å².